The summed E-state index contributed by atoms with van der Waals surface area (Å²) in [6, 6.07) is 2.76. The summed E-state index contributed by atoms with van der Waals surface area (Å²) in [7, 11) is 0. The maximum Gasteiger partial charge on any atom is 0.272 e. The van der Waals surface area contributed by atoms with Crippen molar-refractivity contribution < 1.29 is 4.92 Å². The third kappa shape index (κ3) is 1.36. The zero-order valence-electron chi connectivity index (χ0n) is 6.62. The molecule has 0 aliphatic rings. The first-order valence-corrected chi connectivity index (χ1v) is 4.74. The van der Waals surface area contributed by atoms with Crippen molar-refractivity contribution in [2.45, 2.75) is 0 Å². The van der Waals surface area contributed by atoms with Gasteiger partial charge < -0.3 is 0 Å². The number of H-pyrrole nitrogens is 1. The maximum absolute atomic E-state index is 10.5. The summed E-state index contributed by atoms with van der Waals surface area (Å²) >= 11 is 8.99. The molecule has 0 bridgehead atoms. The predicted molar refractivity (Wildman–Crippen MR) is 55.5 cm³/mol. The molecule has 0 fully saturated rings. The lowest BCUT2D eigenvalue weighted by Crippen LogP contribution is -1.87. The largest absolute Gasteiger partial charge is 0.272 e. The van der Waals surface area contributed by atoms with Crippen LogP contribution in [0, 0.1) is 10.1 Å². The number of non-ortho nitro benzene ring substituents is 1. The van der Waals surface area contributed by atoms with Crippen molar-refractivity contribution in [2.24, 2.45) is 0 Å². The summed E-state index contributed by atoms with van der Waals surface area (Å²) in [5.74, 6) is 0. The molecule has 1 aromatic carbocycles. The first-order chi connectivity index (χ1) is 6.59. The van der Waals surface area contributed by atoms with Crippen LogP contribution in [0.25, 0.3) is 10.9 Å². The normalized spacial score (nSPS) is 10.7. The van der Waals surface area contributed by atoms with Crippen LogP contribution in [0.1, 0.15) is 0 Å². The van der Waals surface area contributed by atoms with Gasteiger partial charge in [0.05, 0.1) is 10.3 Å². The highest BCUT2D eigenvalue weighted by molar-refractivity contribution is 9.10. The van der Waals surface area contributed by atoms with Gasteiger partial charge in [0.25, 0.3) is 5.69 Å². The SMILES string of the molecule is O=[N+]([O-])c1cc(Br)c2c(Cl)[nH]nc2c1. The number of nitro benzene ring substituents is 1. The molecule has 14 heavy (non-hydrogen) atoms. The molecule has 0 unspecified atom stereocenters. The van der Waals surface area contributed by atoms with Crippen LogP contribution in [0.2, 0.25) is 5.15 Å². The van der Waals surface area contributed by atoms with Crippen molar-refractivity contribution in [1.29, 1.82) is 0 Å². The highest BCUT2D eigenvalue weighted by Crippen LogP contribution is 2.32. The van der Waals surface area contributed by atoms with Crippen LogP contribution in [-0.2, 0) is 0 Å². The van der Waals surface area contributed by atoms with Crippen molar-refractivity contribution in [2.75, 3.05) is 0 Å². The molecule has 0 radical (unpaired) electrons. The summed E-state index contributed by atoms with van der Waals surface area (Å²) < 4.78 is 0.556. The number of nitrogens with one attached hydrogen (secondary N) is 1. The van der Waals surface area contributed by atoms with E-state index in [0.717, 1.165) is 0 Å². The smallest absolute Gasteiger partial charge is 0.266 e. The summed E-state index contributed by atoms with van der Waals surface area (Å²) in [5.41, 5.74) is 0.448. The monoisotopic (exact) mass is 275 g/mol. The zero-order valence-corrected chi connectivity index (χ0v) is 8.96. The summed E-state index contributed by atoms with van der Waals surface area (Å²) in [6.07, 6.45) is 0. The highest BCUT2D eigenvalue weighted by Gasteiger charge is 2.14. The van der Waals surface area contributed by atoms with Crippen LogP contribution in [0.5, 0.6) is 0 Å². The Morgan fingerprint density at radius 3 is 2.93 bits per heavy atom. The van der Waals surface area contributed by atoms with Gasteiger partial charge in [0, 0.05) is 16.6 Å². The number of nitrogens with zero attached hydrogens (tertiary/aromatic N) is 2. The second kappa shape index (κ2) is 3.21. The van der Waals surface area contributed by atoms with Gasteiger partial charge in [0.1, 0.15) is 10.7 Å². The molecule has 0 aliphatic carbocycles. The fourth-order valence-corrected chi connectivity index (χ4v) is 2.15. The van der Waals surface area contributed by atoms with E-state index in [4.69, 9.17) is 11.6 Å². The van der Waals surface area contributed by atoms with Crippen molar-refractivity contribution in [3.63, 3.8) is 0 Å². The Labute approximate surface area is 91.3 Å². The van der Waals surface area contributed by atoms with Crippen molar-refractivity contribution >= 4 is 44.1 Å². The average Bonchev–Trinajstić information content (AvgIpc) is 2.48. The van der Waals surface area contributed by atoms with Gasteiger partial charge in [0.15, 0.2) is 0 Å². The molecule has 0 saturated carbocycles. The number of hydrogen-bond acceptors (Lipinski definition) is 3. The minimum absolute atomic E-state index is 0.0208. The topological polar surface area (TPSA) is 71.8 Å². The lowest BCUT2D eigenvalue weighted by molar-refractivity contribution is -0.384. The molecule has 0 atom stereocenters. The van der Waals surface area contributed by atoms with E-state index in [1.165, 1.54) is 12.1 Å². The van der Waals surface area contributed by atoms with Gasteiger partial charge in [-0.2, -0.15) is 5.10 Å². The van der Waals surface area contributed by atoms with Crippen molar-refractivity contribution in [1.82, 2.24) is 10.2 Å². The Morgan fingerprint density at radius 1 is 1.57 bits per heavy atom. The molecule has 72 valence electrons. The van der Waals surface area contributed by atoms with Crippen molar-refractivity contribution in [3.05, 3.63) is 31.9 Å². The fraction of sp³-hybridized carbons (Fsp3) is 0. The molecular formula is C7H3BrClN3O2. The van der Waals surface area contributed by atoms with Gasteiger partial charge >= 0.3 is 0 Å². The Hall–Kier alpha value is -1.14. The van der Waals surface area contributed by atoms with Crippen LogP contribution in [0.4, 0.5) is 5.69 Å². The van der Waals surface area contributed by atoms with Gasteiger partial charge in [-0.25, -0.2) is 0 Å². The lowest BCUT2D eigenvalue weighted by atomic mass is 10.2. The quantitative estimate of drug-likeness (QED) is 0.643. The van der Waals surface area contributed by atoms with Crippen LogP contribution in [0.3, 0.4) is 0 Å². The van der Waals surface area contributed by atoms with E-state index in [1.54, 1.807) is 0 Å². The Kier molecular flexibility index (Phi) is 2.16. The molecule has 0 amide bonds. The number of hydrogen-bond donors (Lipinski definition) is 1. The van der Waals surface area contributed by atoms with Crippen LogP contribution >= 0.6 is 27.5 Å². The fourth-order valence-electron chi connectivity index (χ4n) is 1.15. The Morgan fingerprint density at radius 2 is 2.29 bits per heavy atom. The minimum Gasteiger partial charge on any atom is -0.266 e. The lowest BCUT2D eigenvalue weighted by Gasteiger charge is -1.94. The van der Waals surface area contributed by atoms with E-state index in [2.05, 4.69) is 26.1 Å². The van der Waals surface area contributed by atoms with E-state index >= 15 is 0 Å². The minimum atomic E-state index is -0.479. The summed E-state index contributed by atoms with van der Waals surface area (Å²) in [5, 5.41) is 17.9. The molecule has 1 N–H and O–H groups in total. The molecule has 2 rings (SSSR count). The maximum atomic E-state index is 10.5. The highest BCUT2D eigenvalue weighted by atomic mass is 79.9. The molecule has 1 aromatic heterocycles. The summed E-state index contributed by atoms with van der Waals surface area (Å²) in [4.78, 5) is 10.0. The number of fused-ring (bicyclic) bond motifs is 1. The molecule has 1 heterocycles. The molecular weight excluding hydrogens is 273 g/mol. The number of rotatable bonds is 1. The third-order valence-corrected chi connectivity index (χ3v) is 2.66. The second-order valence-corrected chi connectivity index (χ2v) is 3.85. The third-order valence-electron chi connectivity index (χ3n) is 1.76. The predicted octanol–water partition coefficient (Wildman–Crippen LogP) is 2.89. The van der Waals surface area contributed by atoms with E-state index < -0.39 is 4.92 Å². The van der Waals surface area contributed by atoms with E-state index in [0.29, 0.717) is 20.5 Å². The number of aromatic amines is 1. The molecule has 5 nitrogen and oxygen atoms in total. The second-order valence-electron chi connectivity index (χ2n) is 2.62. The van der Waals surface area contributed by atoms with Gasteiger partial charge in [-0.3, -0.25) is 15.2 Å². The van der Waals surface area contributed by atoms with Gasteiger partial charge in [-0.05, 0) is 15.9 Å². The zero-order chi connectivity index (χ0) is 10.3. The standard InChI is InChI=1S/C7H3BrClN3O2/c8-4-1-3(12(13)14)2-5-6(4)7(9)11-10-5/h1-2H,(H,10,11). The van der Waals surface area contributed by atoms with Crippen LogP contribution in [-0.4, -0.2) is 15.1 Å². The van der Waals surface area contributed by atoms with Gasteiger partial charge in [-0.15, -0.1) is 0 Å². The van der Waals surface area contributed by atoms with Crippen molar-refractivity contribution in [3.8, 4) is 0 Å². The van der Waals surface area contributed by atoms with Crippen LogP contribution < -0.4 is 0 Å². The molecule has 7 heteroatoms. The first kappa shape index (κ1) is 9.42. The van der Waals surface area contributed by atoms with Gasteiger partial charge in [0.2, 0.25) is 0 Å². The van der Waals surface area contributed by atoms with E-state index in [9.17, 15) is 10.1 Å². The van der Waals surface area contributed by atoms with E-state index in [1.807, 2.05) is 0 Å². The Balaban J connectivity index is 2.80. The number of benzene rings is 1. The molecule has 0 spiro atoms. The number of nitro groups is 1. The molecule has 2 aromatic rings. The van der Waals surface area contributed by atoms with Gasteiger partial charge in [-0.1, -0.05) is 11.6 Å². The van der Waals surface area contributed by atoms with E-state index in [-0.39, 0.29) is 5.69 Å². The molecule has 0 aliphatic heterocycles. The number of halogens is 2. The summed E-state index contributed by atoms with van der Waals surface area (Å²) in [6.45, 7) is 0. The average molecular weight is 276 g/mol. The number of aromatic nitrogens is 2. The Bertz CT molecular complexity index is 525. The van der Waals surface area contributed by atoms with Crippen LogP contribution in [0.15, 0.2) is 16.6 Å². The molecule has 0 saturated heterocycles. The first-order valence-electron chi connectivity index (χ1n) is 3.57.